The number of pyridine rings is 1. The standard InChI is InChI=1S/C36H39F2N5O3/c1-4-24-27(37)11-10-22-17-23(44)18-25(29(22)24)31-30(38)32-26(19-39-31)33(43-16-6-5-12-35(2,45)20-43)41-34(40-32)46-21-36-13-7-9-28(36)42(3)15-8-14-36/h1,10-11,17-19,28,44-45H,5-9,12-16,20-21H2,2-3H3/t28-,35?,36-/m1/s1. The van der Waals surface area contributed by atoms with Crippen molar-refractivity contribution < 1.29 is 23.7 Å². The van der Waals surface area contributed by atoms with Crippen LogP contribution < -0.4 is 9.64 Å². The van der Waals surface area contributed by atoms with Crippen LogP contribution in [0.15, 0.2) is 30.5 Å². The van der Waals surface area contributed by atoms with Crippen molar-refractivity contribution in [2.75, 3.05) is 38.2 Å². The summed E-state index contributed by atoms with van der Waals surface area (Å²) in [7, 11) is 2.17. The number of halogens is 2. The number of rotatable bonds is 5. The van der Waals surface area contributed by atoms with Crippen LogP contribution in [0.5, 0.6) is 11.8 Å². The van der Waals surface area contributed by atoms with Crippen molar-refractivity contribution in [3.63, 3.8) is 0 Å². The molecule has 1 unspecified atom stereocenters. The first-order chi connectivity index (χ1) is 22.1. The number of ether oxygens (including phenoxy) is 1. The summed E-state index contributed by atoms with van der Waals surface area (Å²) >= 11 is 0. The number of terminal acetylenes is 1. The summed E-state index contributed by atoms with van der Waals surface area (Å²) in [6.07, 6.45) is 15.0. The van der Waals surface area contributed by atoms with Crippen LogP contribution in [-0.2, 0) is 0 Å². The minimum atomic E-state index is -0.959. The lowest BCUT2D eigenvalue weighted by molar-refractivity contribution is 0.0133. The van der Waals surface area contributed by atoms with Crippen LogP contribution in [0.2, 0.25) is 0 Å². The van der Waals surface area contributed by atoms with Gasteiger partial charge in [0.1, 0.15) is 28.6 Å². The molecule has 2 aliphatic heterocycles. The molecule has 4 aromatic rings. The number of anilines is 1. The van der Waals surface area contributed by atoms with Crippen LogP contribution in [-0.4, -0.2) is 75.0 Å². The normalized spacial score (nSPS) is 25.4. The van der Waals surface area contributed by atoms with E-state index in [0.29, 0.717) is 48.7 Å². The van der Waals surface area contributed by atoms with Gasteiger partial charge in [0.15, 0.2) is 5.82 Å². The molecule has 2 N–H and O–H groups in total. The molecule has 2 aromatic carbocycles. The maximum Gasteiger partial charge on any atom is 0.319 e. The molecule has 1 saturated carbocycles. The number of hydrogen-bond donors (Lipinski definition) is 2. The molecule has 10 heteroatoms. The Morgan fingerprint density at radius 3 is 2.74 bits per heavy atom. The van der Waals surface area contributed by atoms with Gasteiger partial charge >= 0.3 is 6.01 Å². The van der Waals surface area contributed by atoms with E-state index >= 15 is 4.39 Å². The number of aliphatic hydroxyl groups is 1. The Balaban J connectivity index is 1.39. The minimum absolute atomic E-state index is 0.00900. The van der Waals surface area contributed by atoms with Gasteiger partial charge in [-0.3, -0.25) is 4.98 Å². The number of aromatic hydroxyl groups is 1. The quantitative estimate of drug-likeness (QED) is 0.253. The molecule has 0 spiro atoms. The third kappa shape index (κ3) is 5.29. The Bertz CT molecular complexity index is 1880. The van der Waals surface area contributed by atoms with E-state index in [1.54, 1.807) is 6.92 Å². The van der Waals surface area contributed by atoms with E-state index in [9.17, 15) is 14.6 Å². The fourth-order valence-corrected chi connectivity index (χ4v) is 8.21. The summed E-state index contributed by atoms with van der Waals surface area (Å²) < 4.78 is 38.1. The molecule has 8 nitrogen and oxygen atoms in total. The molecule has 4 heterocycles. The van der Waals surface area contributed by atoms with Crippen LogP contribution >= 0.6 is 0 Å². The third-order valence-electron chi connectivity index (χ3n) is 10.4. The molecule has 0 bridgehead atoms. The molecule has 1 aliphatic carbocycles. The Kier molecular flexibility index (Phi) is 7.73. The van der Waals surface area contributed by atoms with E-state index in [4.69, 9.17) is 16.1 Å². The molecule has 3 fully saturated rings. The molecule has 240 valence electrons. The van der Waals surface area contributed by atoms with Crippen molar-refractivity contribution in [3.05, 3.63) is 47.7 Å². The van der Waals surface area contributed by atoms with Crippen LogP contribution in [0.3, 0.4) is 0 Å². The fraction of sp³-hybridized carbons (Fsp3) is 0.472. The van der Waals surface area contributed by atoms with E-state index in [2.05, 4.69) is 27.8 Å². The maximum absolute atomic E-state index is 16.9. The highest BCUT2D eigenvalue weighted by Gasteiger charge is 2.47. The summed E-state index contributed by atoms with van der Waals surface area (Å²) in [6.45, 7) is 4.21. The number of phenols is 1. The third-order valence-corrected chi connectivity index (χ3v) is 10.4. The van der Waals surface area contributed by atoms with Gasteiger partial charge in [0.25, 0.3) is 0 Å². The van der Waals surface area contributed by atoms with Gasteiger partial charge in [-0.25, -0.2) is 8.78 Å². The summed E-state index contributed by atoms with van der Waals surface area (Å²) in [5.74, 6) is 1.29. The Hall–Kier alpha value is -4.07. The zero-order chi connectivity index (χ0) is 32.2. The number of phenolic OH excluding ortho intramolecular Hbond substituents is 1. The molecule has 7 rings (SSSR count). The van der Waals surface area contributed by atoms with Crippen molar-refractivity contribution in [1.82, 2.24) is 19.9 Å². The van der Waals surface area contributed by atoms with Gasteiger partial charge in [-0.1, -0.05) is 18.4 Å². The van der Waals surface area contributed by atoms with Crippen LogP contribution in [0, 0.1) is 29.4 Å². The molecule has 2 saturated heterocycles. The minimum Gasteiger partial charge on any atom is -0.508 e. The molecular formula is C36H39F2N5O3. The number of nitrogens with zero attached hydrogens (tertiary/aromatic N) is 5. The van der Waals surface area contributed by atoms with E-state index in [1.807, 2.05) is 4.90 Å². The van der Waals surface area contributed by atoms with Crippen molar-refractivity contribution in [2.45, 2.75) is 69.9 Å². The topological polar surface area (TPSA) is 94.8 Å². The monoisotopic (exact) mass is 627 g/mol. The number of likely N-dealkylation sites (tertiary alicyclic amines) is 1. The number of piperidine rings is 1. The lowest BCUT2D eigenvalue weighted by Gasteiger charge is -2.44. The highest BCUT2D eigenvalue weighted by atomic mass is 19.1. The lowest BCUT2D eigenvalue weighted by Crippen LogP contribution is -2.50. The number of β-amino-alcohol motifs (C(OH)–C–C–N with tert-alkyl or cyclic N) is 1. The predicted molar refractivity (Wildman–Crippen MR) is 174 cm³/mol. The molecule has 0 amide bonds. The zero-order valence-electron chi connectivity index (χ0n) is 26.3. The van der Waals surface area contributed by atoms with Crippen molar-refractivity contribution >= 4 is 27.5 Å². The molecule has 0 radical (unpaired) electrons. The Labute approximate surface area is 267 Å². The van der Waals surface area contributed by atoms with Gasteiger partial charge in [0.05, 0.1) is 23.2 Å². The Morgan fingerprint density at radius 1 is 1.09 bits per heavy atom. The first-order valence-electron chi connectivity index (χ1n) is 16.2. The van der Waals surface area contributed by atoms with Crippen molar-refractivity contribution in [1.29, 1.82) is 0 Å². The first kappa shape index (κ1) is 30.6. The lowest BCUT2D eigenvalue weighted by atomic mass is 9.76. The predicted octanol–water partition coefficient (Wildman–Crippen LogP) is 6.19. The van der Waals surface area contributed by atoms with Crippen LogP contribution in [0.4, 0.5) is 14.6 Å². The summed E-state index contributed by atoms with van der Waals surface area (Å²) in [6, 6.07) is 5.98. The summed E-state index contributed by atoms with van der Waals surface area (Å²) in [5.41, 5.74) is -1.01. The highest BCUT2D eigenvalue weighted by molar-refractivity contribution is 6.03. The molecule has 46 heavy (non-hydrogen) atoms. The summed E-state index contributed by atoms with van der Waals surface area (Å²) in [5, 5.41) is 22.7. The number of fused-ring (bicyclic) bond motifs is 3. The smallest absolute Gasteiger partial charge is 0.319 e. The van der Waals surface area contributed by atoms with Crippen LogP contribution in [0.25, 0.3) is 32.9 Å². The van der Waals surface area contributed by atoms with Gasteiger partial charge in [0.2, 0.25) is 0 Å². The number of benzene rings is 2. The average molecular weight is 628 g/mol. The second kappa shape index (κ2) is 11.6. The SMILES string of the molecule is C#Cc1c(F)ccc2cc(O)cc(-c3ncc4c(N5CCCCC(C)(O)C5)nc(OC[C@]56CCC[C@H]5N(C)CCC6)nc4c3F)c12. The maximum atomic E-state index is 16.9. The summed E-state index contributed by atoms with van der Waals surface area (Å²) in [4.78, 5) is 18.3. The van der Waals surface area contributed by atoms with Gasteiger partial charge in [-0.15, -0.1) is 6.42 Å². The van der Waals surface area contributed by atoms with Gasteiger partial charge in [-0.2, -0.15) is 9.97 Å². The average Bonchev–Trinajstić information content (AvgIpc) is 3.38. The molecule has 3 atom stereocenters. The number of hydrogen-bond acceptors (Lipinski definition) is 8. The van der Waals surface area contributed by atoms with E-state index < -0.39 is 17.2 Å². The molecule has 2 aromatic heterocycles. The molecule has 3 aliphatic rings. The Morgan fingerprint density at radius 2 is 1.91 bits per heavy atom. The van der Waals surface area contributed by atoms with E-state index in [-0.39, 0.29) is 44.9 Å². The van der Waals surface area contributed by atoms with E-state index in [0.717, 1.165) is 51.5 Å². The first-order valence-corrected chi connectivity index (χ1v) is 16.2. The second-order valence-electron chi connectivity index (χ2n) is 13.7. The van der Waals surface area contributed by atoms with Gasteiger partial charge in [-0.05, 0) is 89.0 Å². The molecular weight excluding hydrogens is 588 g/mol. The van der Waals surface area contributed by atoms with Crippen LogP contribution in [0.1, 0.15) is 63.9 Å². The zero-order valence-corrected chi connectivity index (χ0v) is 26.3. The largest absolute Gasteiger partial charge is 0.508 e. The second-order valence-corrected chi connectivity index (χ2v) is 13.7. The number of aromatic nitrogens is 3. The van der Waals surface area contributed by atoms with Gasteiger partial charge in [0, 0.05) is 41.7 Å². The van der Waals surface area contributed by atoms with Crippen molar-refractivity contribution in [2.24, 2.45) is 5.41 Å². The van der Waals surface area contributed by atoms with E-state index in [1.165, 1.54) is 30.5 Å². The van der Waals surface area contributed by atoms with Crippen molar-refractivity contribution in [3.8, 4) is 35.4 Å². The fourth-order valence-electron chi connectivity index (χ4n) is 8.21. The van der Waals surface area contributed by atoms with Gasteiger partial charge < -0.3 is 24.7 Å². The highest BCUT2D eigenvalue weighted by Crippen LogP contribution is 2.47.